The van der Waals surface area contributed by atoms with E-state index < -0.39 is 23.2 Å². The van der Waals surface area contributed by atoms with E-state index in [1.807, 2.05) is 0 Å². The van der Waals surface area contributed by atoms with Gasteiger partial charge in [0.15, 0.2) is 22.6 Å². The van der Waals surface area contributed by atoms with Gasteiger partial charge in [0.05, 0.1) is 35.6 Å². The van der Waals surface area contributed by atoms with E-state index in [9.17, 15) is 18.0 Å². The van der Waals surface area contributed by atoms with Crippen LogP contribution in [0.5, 0.6) is 0 Å². The van der Waals surface area contributed by atoms with Crippen molar-refractivity contribution in [2.24, 2.45) is 0 Å². The van der Waals surface area contributed by atoms with Gasteiger partial charge in [0.25, 0.3) is 5.91 Å². The molecule has 1 amide bonds. The highest BCUT2D eigenvalue weighted by molar-refractivity contribution is 5.94. The highest BCUT2D eigenvalue weighted by Gasteiger charge is 2.40. The van der Waals surface area contributed by atoms with Crippen LogP contribution in [-0.4, -0.2) is 40.3 Å². The summed E-state index contributed by atoms with van der Waals surface area (Å²) in [6, 6.07) is 14.4. The molecule has 202 valence electrons. The van der Waals surface area contributed by atoms with Crippen LogP contribution in [-0.2, 0) is 23.1 Å². The quantitative estimate of drug-likeness (QED) is 0.321. The summed E-state index contributed by atoms with van der Waals surface area (Å²) in [7, 11) is 0. The average molecular weight is 548 g/mol. The van der Waals surface area contributed by atoms with Gasteiger partial charge in [-0.1, -0.05) is 30.3 Å². The number of nitrogens with two attached hydrogens (primary N) is 1. The fourth-order valence-electron chi connectivity index (χ4n) is 4.40. The first-order valence-corrected chi connectivity index (χ1v) is 12.0. The first-order valence-electron chi connectivity index (χ1n) is 12.0. The number of benzene rings is 1. The molecule has 14 heteroatoms. The van der Waals surface area contributed by atoms with Crippen LogP contribution in [0.4, 0.5) is 19.1 Å². The Bertz CT molecular complexity index is 1830. The summed E-state index contributed by atoms with van der Waals surface area (Å²) in [4.78, 5) is 26.7. The lowest BCUT2D eigenvalue weighted by Crippen LogP contribution is -2.48. The summed E-state index contributed by atoms with van der Waals surface area (Å²) >= 11 is 0. The zero-order valence-corrected chi connectivity index (χ0v) is 20.8. The van der Waals surface area contributed by atoms with Crippen molar-refractivity contribution in [2.45, 2.75) is 25.2 Å². The maximum atomic E-state index is 13.8. The maximum Gasteiger partial charge on any atom is 0.417 e. The second-order valence-electron chi connectivity index (χ2n) is 9.07. The summed E-state index contributed by atoms with van der Waals surface area (Å²) in [5.74, 6) is 0.253. The van der Waals surface area contributed by atoms with Gasteiger partial charge in [-0.2, -0.15) is 27.8 Å². The number of amides is 1. The van der Waals surface area contributed by atoms with Crippen molar-refractivity contribution >= 4 is 28.5 Å². The third-order valence-corrected chi connectivity index (χ3v) is 6.55. The molecule has 0 fully saturated rings. The van der Waals surface area contributed by atoms with Crippen LogP contribution >= 0.6 is 0 Å². The number of pyridine rings is 1. The van der Waals surface area contributed by atoms with Crippen LogP contribution in [0.25, 0.3) is 28.3 Å². The van der Waals surface area contributed by atoms with Gasteiger partial charge >= 0.3 is 6.18 Å². The molecule has 40 heavy (non-hydrogen) atoms. The van der Waals surface area contributed by atoms with Gasteiger partial charge in [-0.05, 0) is 36.8 Å². The number of anilines is 1. The molecule has 5 aromatic heterocycles. The van der Waals surface area contributed by atoms with Gasteiger partial charge < -0.3 is 15.5 Å². The van der Waals surface area contributed by atoms with Gasteiger partial charge in [-0.15, -0.1) is 5.10 Å². The summed E-state index contributed by atoms with van der Waals surface area (Å²) in [6.45, 7) is 1.54. The van der Waals surface area contributed by atoms with E-state index in [2.05, 4.69) is 30.5 Å². The molecule has 6 aromatic rings. The van der Waals surface area contributed by atoms with Crippen molar-refractivity contribution in [1.29, 1.82) is 0 Å². The third-order valence-electron chi connectivity index (χ3n) is 6.55. The second kappa shape index (κ2) is 9.18. The normalized spacial score (nSPS) is 13.5. The Morgan fingerprint density at radius 2 is 1.80 bits per heavy atom. The molecule has 5 heterocycles. The minimum absolute atomic E-state index is 0.0133. The van der Waals surface area contributed by atoms with Crippen LogP contribution in [0.3, 0.4) is 0 Å². The van der Waals surface area contributed by atoms with Crippen LogP contribution in [0.1, 0.15) is 23.7 Å². The Balaban J connectivity index is 1.41. The Morgan fingerprint density at radius 3 is 2.48 bits per heavy atom. The minimum Gasteiger partial charge on any atom is -0.461 e. The van der Waals surface area contributed by atoms with E-state index in [4.69, 9.17) is 10.2 Å². The number of aromatic nitrogens is 7. The number of nitrogens with one attached hydrogen (secondary N) is 1. The van der Waals surface area contributed by atoms with Gasteiger partial charge in [0, 0.05) is 6.20 Å². The topological polar surface area (TPSA) is 142 Å². The van der Waals surface area contributed by atoms with E-state index in [1.54, 1.807) is 49.4 Å². The smallest absolute Gasteiger partial charge is 0.417 e. The number of carbonyl (C=O) groups is 1. The zero-order chi connectivity index (χ0) is 28.1. The summed E-state index contributed by atoms with van der Waals surface area (Å²) in [5, 5.41) is 12.2. The standard InChI is InChI=1S/C26H20F3N9O2/c1-25(15-6-3-2-4-7-15,23(39)32-13-17-10-9-16(12-31-17)26(27,28)29)38-22-18(14-33-38)21-34-20(19-8-5-11-40-19)36-37(21)24(30)35-22/h2-12,14H,13H2,1H3,(H2,30,35)(H,32,39). The number of rotatable bonds is 6. The molecule has 0 radical (unpaired) electrons. The van der Waals surface area contributed by atoms with Crippen LogP contribution in [0, 0.1) is 0 Å². The molecular formula is C26H20F3N9O2. The number of furan rings is 1. The highest BCUT2D eigenvalue weighted by Crippen LogP contribution is 2.32. The van der Waals surface area contributed by atoms with Crippen molar-refractivity contribution in [1.82, 2.24) is 39.7 Å². The lowest BCUT2D eigenvalue weighted by Gasteiger charge is -2.29. The summed E-state index contributed by atoms with van der Waals surface area (Å²) < 4.78 is 46.9. The monoisotopic (exact) mass is 547 g/mol. The Morgan fingerprint density at radius 1 is 1.00 bits per heavy atom. The molecular weight excluding hydrogens is 527 g/mol. The van der Waals surface area contributed by atoms with E-state index in [1.165, 1.54) is 27.7 Å². The van der Waals surface area contributed by atoms with Gasteiger partial charge in [0.1, 0.15) is 0 Å². The number of fused-ring (bicyclic) bond motifs is 3. The van der Waals surface area contributed by atoms with Crippen molar-refractivity contribution in [3.63, 3.8) is 0 Å². The third kappa shape index (κ3) is 4.09. The first-order chi connectivity index (χ1) is 19.2. The summed E-state index contributed by atoms with van der Waals surface area (Å²) in [6.07, 6.45) is -0.762. The molecule has 1 atom stereocenters. The number of alkyl halides is 3. The predicted molar refractivity (Wildman–Crippen MR) is 136 cm³/mol. The lowest BCUT2D eigenvalue weighted by molar-refractivity contribution is -0.137. The number of carbonyl (C=O) groups excluding carboxylic acids is 1. The van der Waals surface area contributed by atoms with E-state index in [-0.39, 0.29) is 23.8 Å². The van der Waals surface area contributed by atoms with Gasteiger partial charge in [-0.3, -0.25) is 9.78 Å². The molecule has 0 spiro atoms. The van der Waals surface area contributed by atoms with Crippen molar-refractivity contribution in [2.75, 3.05) is 5.73 Å². The number of nitrogen functional groups attached to an aromatic ring is 1. The number of hydrogen-bond acceptors (Lipinski definition) is 8. The van der Waals surface area contributed by atoms with E-state index >= 15 is 0 Å². The minimum atomic E-state index is -4.51. The van der Waals surface area contributed by atoms with Gasteiger partial charge in [-0.25, -0.2) is 9.67 Å². The molecule has 3 N–H and O–H groups in total. The fourth-order valence-corrected chi connectivity index (χ4v) is 4.40. The Labute approximate surface area is 223 Å². The van der Waals surface area contributed by atoms with Crippen LogP contribution in [0.2, 0.25) is 0 Å². The maximum absolute atomic E-state index is 13.8. The molecule has 0 bridgehead atoms. The molecule has 0 saturated carbocycles. The number of nitrogens with zero attached hydrogens (tertiary/aromatic N) is 7. The van der Waals surface area contributed by atoms with E-state index in [0.29, 0.717) is 28.2 Å². The molecule has 6 rings (SSSR count). The number of halogens is 3. The zero-order valence-electron chi connectivity index (χ0n) is 20.8. The lowest BCUT2D eigenvalue weighted by atomic mass is 9.91. The molecule has 0 aliphatic heterocycles. The van der Waals surface area contributed by atoms with Crippen molar-refractivity contribution in [3.8, 4) is 11.6 Å². The predicted octanol–water partition coefficient (Wildman–Crippen LogP) is 3.81. The highest BCUT2D eigenvalue weighted by atomic mass is 19.4. The van der Waals surface area contributed by atoms with Crippen LogP contribution in [0.15, 0.2) is 77.7 Å². The largest absolute Gasteiger partial charge is 0.461 e. The van der Waals surface area contributed by atoms with E-state index in [0.717, 1.165) is 12.3 Å². The molecule has 1 aromatic carbocycles. The molecule has 0 aliphatic carbocycles. The molecule has 0 saturated heterocycles. The van der Waals surface area contributed by atoms with Crippen molar-refractivity contribution in [3.05, 3.63) is 90.1 Å². The Hall–Kier alpha value is -5.27. The molecule has 11 nitrogen and oxygen atoms in total. The average Bonchev–Trinajstić information content (AvgIpc) is 3.71. The fraction of sp³-hybridized carbons (Fsp3) is 0.154. The second-order valence-corrected chi connectivity index (χ2v) is 9.07. The molecule has 0 aliphatic rings. The Kier molecular flexibility index (Phi) is 5.75. The van der Waals surface area contributed by atoms with Crippen LogP contribution < -0.4 is 11.1 Å². The first kappa shape index (κ1) is 25.0. The van der Waals surface area contributed by atoms with Crippen molar-refractivity contribution < 1.29 is 22.4 Å². The van der Waals surface area contributed by atoms with Gasteiger partial charge in [0.2, 0.25) is 11.8 Å². The summed E-state index contributed by atoms with van der Waals surface area (Å²) in [5.41, 5.74) is 5.39. The molecule has 1 unspecified atom stereocenters. The number of hydrogen-bond donors (Lipinski definition) is 2. The SMILES string of the molecule is CC(C(=O)NCc1ccc(C(F)(F)F)cn1)(c1ccccc1)n1ncc2c1nc(N)n1nc(-c3ccco3)nc21.